The standard InChI is InChI=1S/C22H18N4O2S/c1-13-5-7-15(8-6-13)20(27)26-22(29)24-17-10-9-16(12-14(17)2)21-25-19-18(28-21)4-3-11-23-19/h3-12H,1-2H3,(H2,24,26,27,29). The number of carbonyl (C=O) groups is 1. The summed E-state index contributed by atoms with van der Waals surface area (Å²) in [7, 11) is 0. The number of thiocarbonyl (C=S) groups is 1. The predicted molar refractivity (Wildman–Crippen MR) is 117 cm³/mol. The molecule has 2 aromatic heterocycles. The third-order valence-electron chi connectivity index (χ3n) is 4.43. The molecule has 0 fully saturated rings. The number of fused-ring (bicyclic) bond motifs is 1. The van der Waals surface area contributed by atoms with Crippen LogP contribution in [0.2, 0.25) is 0 Å². The van der Waals surface area contributed by atoms with Crippen LogP contribution in [0.4, 0.5) is 5.69 Å². The van der Waals surface area contributed by atoms with Gasteiger partial charge in [0.2, 0.25) is 5.89 Å². The second-order valence-electron chi connectivity index (χ2n) is 6.65. The molecule has 0 atom stereocenters. The highest BCUT2D eigenvalue weighted by Crippen LogP contribution is 2.26. The van der Waals surface area contributed by atoms with Crippen LogP contribution in [-0.2, 0) is 0 Å². The maximum atomic E-state index is 12.3. The van der Waals surface area contributed by atoms with E-state index in [2.05, 4.69) is 20.6 Å². The number of nitrogens with one attached hydrogen (secondary N) is 2. The van der Waals surface area contributed by atoms with Gasteiger partial charge in [0, 0.05) is 23.0 Å². The Morgan fingerprint density at radius 1 is 1.07 bits per heavy atom. The topological polar surface area (TPSA) is 80.0 Å². The number of carbonyl (C=O) groups excluding carboxylic acids is 1. The van der Waals surface area contributed by atoms with Gasteiger partial charge in [0.25, 0.3) is 5.91 Å². The van der Waals surface area contributed by atoms with Gasteiger partial charge in [-0.3, -0.25) is 10.1 Å². The molecule has 2 heterocycles. The summed E-state index contributed by atoms with van der Waals surface area (Å²) < 4.78 is 5.76. The Hall–Kier alpha value is -3.58. The molecule has 7 heteroatoms. The molecule has 2 N–H and O–H groups in total. The van der Waals surface area contributed by atoms with Crippen LogP contribution in [0.5, 0.6) is 0 Å². The molecule has 2 aromatic carbocycles. The molecule has 6 nitrogen and oxygen atoms in total. The van der Waals surface area contributed by atoms with Gasteiger partial charge < -0.3 is 9.73 Å². The Morgan fingerprint density at radius 2 is 1.86 bits per heavy atom. The van der Waals surface area contributed by atoms with E-state index >= 15 is 0 Å². The average Bonchev–Trinajstić information content (AvgIpc) is 3.14. The first-order valence-electron chi connectivity index (χ1n) is 9.01. The molecule has 0 aliphatic rings. The van der Waals surface area contributed by atoms with Gasteiger partial charge in [-0.15, -0.1) is 0 Å². The number of anilines is 1. The maximum Gasteiger partial charge on any atom is 0.257 e. The Morgan fingerprint density at radius 3 is 2.59 bits per heavy atom. The van der Waals surface area contributed by atoms with E-state index in [9.17, 15) is 4.79 Å². The van der Waals surface area contributed by atoms with Crippen molar-refractivity contribution < 1.29 is 9.21 Å². The van der Waals surface area contributed by atoms with Crippen molar-refractivity contribution in [3.63, 3.8) is 0 Å². The van der Waals surface area contributed by atoms with Crippen molar-refractivity contribution in [3.8, 4) is 11.5 Å². The summed E-state index contributed by atoms with van der Waals surface area (Å²) in [6, 6.07) is 16.6. The van der Waals surface area contributed by atoms with E-state index in [4.69, 9.17) is 16.6 Å². The molecule has 0 saturated carbocycles. The van der Waals surface area contributed by atoms with Crippen molar-refractivity contribution in [2.75, 3.05) is 5.32 Å². The summed E-state index contributed by atoms with van der Waals surface area (Å²) in [6.07, 6.45) is 1.68. The molecule has 0 aliphatic carbocycles. The van der Waals surface area contributed by atoms with Crippen LogP contribution in [0.25, 0.3) is 22.7 Å². The number of amides is 1. The molecule has 144 valence electrons. The zero-order valence-corrected chi connectivity index (χ0v) is 16.7. The molecule has 29 heavy (non-hydrogen) atoms. The number of rotatable bonds is 3. The van der Waals surface area contributed by atoms with Crippen molar-refractivity contribution in [1.82, 2.24) is 15.3 Å². The summed E-state index contributed by atoms with van der Waals surface area (Å²) >= 11 is 5.29. The molecule has 4 aromatic rings. The Labute approximate surface area is 173 Å². The fraction of sp³-hybridized carbons (Fsp3) is 0.0909. The van der Waals surface area contributed by atoms with Crippen LogP contribution in [0, 0.1) is 13.8 Å². The number of aryl methyl sites for hydroxylation is 2. The zero-order chi connectivity index (χ0) is 20.4. The number of aromatic nitrogens is 2. The number of benzene rings is 2. The van der Waals surface area contributed by atoms with Gasteiger partial charge in [0.15, 0.2) is 16.3 Å². The van der Waals surface area contributed by atoms with Gasteiger partial charge in [0.1, 0.15) is 0 Å². The maximum absolute atomic E-state index is 12.3. The van der Waals surface area contributed by atoms with Crippen LogP contribution in [0.15, 0.2) is 65.2 Å². The first-order chi connectivity index (χ1) is 14.0. The molecular formula is C22H18N4O2S. The highest BCUT2D eigenvalue weighted by atomic mass is 32.1. The lowest BCUT2D eigenvalue weighted by Gasteiger charge is -2.12. The molecule has 0 aliphatic heterocycles. The minimum atomic E-state index is -0.254. The summed E-state index contributed by atoms with van der Waals surface area (Å²) in [6.45, 7) is 3.91. The highest BCUT2D eigenvalue weighted by molar-refractivity contribution is 7.80. The third kappa shape index (κ3) is 4.14. The second kappa shape index (κ2) is 7.81. The van der Waals surface area contributed by atoms with E-state index in [1.807, 2.05) is 50.2 Å². The molecular weight excluding hydrogens is 384 g/mol. The number of pyridine rings is 1. The van der Waals surface area contributed by atoms with E-state index in [1.54, 1.807) is 24.4 Å². The molecule has 0 bridgehead atoms. The predicted octanol–water partition coefficient (Wildman–Crippen LogP) is 4.63. The van der Waals surface area contributed by atoms with E-state index < -0.39 is 0 Å². The fourth-order valence-corrected chi connectivity index (χ4v) is 3.07. The van der Waals surface area contributed by atoms with Crippen LogP contribution in [0.3, 0.4) is 0 Å². The SMILES string of the molecule is Cc1ccc(C(=O)NC(=S)Nc2ccc(-c3nc4ncccc4o3)cc2C)cc1. The van der Waals surface area contributed by atoms with Crippen molar-refractivity contribution in [1.29, 1.82) is 0 Å². The molecule has 0 spiro atoms. The number of hydrogen-bond donors (Lipinski definition) is 2. The summed E-state index contributed by atoms with van der Waals surface area (Å²) in [4.78, 5) is 20.9. The van der Waals surface area contributed by atoms with Gasteiger partial charge in [-0.2, -0.15) is 4.98 Å². The van der Waals surface area contributed by atoms with Crippen LogP contribution < -0.4 is 10.6 Å². The summed E-state index contributed by atoms with van der Waals surface area (Å²) in [5.41, 5.74) is 5.41. The lowest BCUT2D eigenvalue weighted by atomic mass is 10.1. The minimum absolute atomic E-state index is 0.234. The lowest BCUT2D eigenvalue weighted by Crippen LogP contribution is -2.34. The second-order valence-corrected chi connectivity index (χ2v) is 7.06. The minimum Gasteiger partial charge on any atom is -0.434 e. The first-order valence-corrected chi connectivity index (χ1v) is 9.42. The van der Waals surface area contributed by atoms with Crippen molar-refractivity contribution in [2.45, 2.75) is 13.8 Å². The Bertz CT molecular complexity index is 1180. The quantitative estimate of drug-likeness (QED) is 0.486. The van der Waals surface area contributed by atoms with E-state index in [0.29, 0.717) is 22.7 Å². The summed E-state index contributed by atoms with van der Waals surface area (Å²) in [5, 5.41) is 6.00. The monoisotopic (exact) mass is 402 g/mol. The Kier molecular flexibility index (Phi) is 5.05. The van der Waals surface area contributed by atoms with Crippen molar-refractivity contribution in [2.24, 2.45) is 0 Å². The smallest absolute Gasteiger partial charge is 0.257 e. The summed E-state index contributed by atoms with van der Waals surface area (Å²) in [5.74, 6) is 0.249. The van der Waals surface area contributed by atoms with Crippen LogP contribution in [0.1, 0.15) is 21.5 Å². The van der Waals surface area contributed by atoms with Gasteiger partial charge in [-0.1, -0.05) is 17.7 Å². The van der Waals surface area contributed by atoms with Crippen molar-refractivity contribution >= 4 is 40.2 Å². The largest absolute Gasteiger partial charge is 0.434 e. The lowest BCUT2D eigenvalue weighted by molar-refractivity contribution is 0.0977. The van der Waals surface area contributed by atoms with Crippen LogP contribution in [-0.4, -0.2) is 21.0 Å². The molecule has 4 rings (SSSR count). The number of nitrogens with zero attached hydrogens (tertiary/aromatic N) is 2. The number of hydrogen-bond acceptors (Lipinski definition) is 5. The first kappa shape index (κ1) is 18.8. The van der Waals surface area contributed by atoms with Gasteiger partial charge in [-0.05, 0) is 74.1 Å². The Balaban J connectivity index is 1.47. The zero-order valence-electron chi connectivity index (χ0n) is 15.9. The van der Waals surface area contributed by atoms with Crippen molar-refractivity contribution in [3.05, 3.63) is 77.5 Å². The molecule has 0 radical (unpaired) electrons. The van der Waals surface area contributed by atoms with E-state index in [0.717, 1.165) is 22.4 Å². The van der Waals surface area contributed by atoms with Crippen LogP contribution >= 0.6 is 12.2 Å². The van der Waals surface area contributed by atoms with E-state index in [1.165, 1.54) is 0 Å². The average molecular weight is 402 g/mol. The normalized spacial score (nSPS) is 10.7. The van der Waals surface area contributed by atoms with Gasteiger partial charge >= 0.3 is 0 Å². The highest BCUT2D eigenvalue weighted by Gasteiger charge is 2.12. The molecule has 0 saturated heterocycles. The molecule has 1 amide bonds. The van der Waals surface area contributed by atoms with E-state index in [-0.39, 0.29) is 11.0 Å². The molecule has 0 unspecified atom stereocenters. The number of oxazole rings is 1. The fourth-order valence-electron chi connectivity index (χ4n) is 2.86. The van der Waals surface area contributed by atoms with Gasteiger partial charge in [-0.25, -0.2) is 4.98 Å². The third-order valence-corrected chi connectivity index (χ3v) is 4.63. The van der Waals surface area contributed by atoms with Gasteiger partial charge in [0.05, 0.1) is 0 Å².